The van der Waals surface area contributed by atoms with Crippen LogP contribution in [0.4, 0.5) is 0 Å². The van der Waals surface area contributed by atoms with Gasteiger partial charge in [0, 0.05) is 25.4 Å². The lowest BCUT2D eigenvalue weighted by Crippen LogP contribution is -2.48. The Hall–Kier alpha value is -0.120. The third-order valence-corrected chi connectivity index (χ3v) is 3.75. The molecule has 14 heavy (non-hydrogen) atoms. The van der Waals surface area contributed by atoms with E-state index in [9.17, 15) is 0 Å². The van der Waals surface area contributed by atoms with E-state index in [1.54, 1.807) is 0 Å². The minimum atomic E-state index is -0.0675. The molecule has 0 amide bonds. The van der Waals surface area contributed by atoms with E-state index in [0.29, 0.717) is 0 Å². The molecule has 2 aliphatic heterocycles. The van der Waals surface area contributed by atoms with Crippen LogP contribution in [-0.2, 0) is 9.47 Å². The monoisotopic (exact) mass is 199 g/mol. The molecule has 0 saturated carbocycles. The third kappa shape index (κ3) is 2.10. The highest BCUT2D eigenvalue weighted by atomic mass is 16.5. The van der Waals surface area contributed by atoms with Gasteiger partial charge in [0.2, 0.25) is 0 Å². The van der Waals surface area contributed by atoms with E-state index < -0.39 is 0 Å². The van der Waals surface area contributed by atoms with Crippen molar-refractivity contribution in [2.45, 2.75) is 44.2 Å². The van der Waals surface area contributed by atoms with Crippen molar-refractivity contribution in [3.05, 3.63) is 0 Å². The zero-order chi connectivity index (χ0) is 10.0. The molecule has 2 fully saturated rings. The average molecular weight is 199 g/mol. The molecule has 2 aliphatic rings. The largest absolute Gasteiger partial charge is 0.381 e. The van der Waals surface area contributed by atoms with Crippen LogP contribution in [0.25, 0.3) is 0 Å². The quantitative estimate of drug-likeness (QED) is 0.729. The Labute approximate surface area is 85.9 Å². The molecule has 0 spiro atoms. The van der Waals surface area contributed by atoms with Crippen LogP contribution < -0.4 is 5.73 Å². The van der Waals surface area contributed by atoms with Gasteiger partial charge in [0.05, 0.1) is 6.10 Å². The highest BCUT2D eigenvalue weighted by molar-refractivity contribution is 4.96. The van der Waals surface area contributed by atoms with Crippen LogP contribution in [-0.4, -0.2) is 31.5 Å². The second-order valence-corrected chi connectivity index (χ2v) is 4.76. The lowest BCUT2D eigenvalue weighted by molar-refractivity contribution is 0.0428. The molecule has 2 N–H and O–H groups in total. The number of ether oxygens (including phenoxy) is 2. The first-order chi connectivity index (χ1) is 6.71. The minimum Gasteiger partial charge on any atom is -0.381 e. The van der Waals surface area contributed by atoms with Crippen LogP contribution in [0.3, 0.4) is 0 Å². The summed E-state index contributed by atoms with van der Waals surface area (Å²) in [4.78, 5) is 0. The molecule has 0 aromatic heterocycles. The summed E-state index contributed by atoms with van der Waals surface area (Å²) in [5, 5.41) is 0. The Morgan fingerprint density at radius 3 is 2.57 bits per heavy atom. The Bertz CT molecular complexity index is 192. The second-order valence-electron chi connectivity index (χ2n) is 4.76. The van der Waals surface area contributed by atoms with E-state index in [-0.39, 0.29) is 11.6 Å². The minimum absolute atomic E-state index is 0.0675. The topological polar surface area (TPSA) is 44.5 Å². The fraction of sp³-hybridized carbons (Fsp3) is 1.00. The normalized spacial score (nSPS) is 40.3. The third-order valence-electron chi connectivity index (χ3n) is 3.75. The summed E-state index contributed by atoms with van der Waals surface area (Å²) in [5.41, 5.74) is 6.30. The summed E-state index contributed by atoms with van der Waals surface area (Å²) in [5.74, 6) is 0.748. The van der Waals surface area contributed by atoms with Crippen molar-refractivity contribution in [1.82, 2.24) is 0 Å². The molecule has 2 atom stereocenters. The van der Waals surface area contributed by atoms with Gasteiger partial charge >= 0.3 is 0 Å². The molecule has 2 saturated heterocycles. The van der Waals surface area contributed by atoms with Crippen molar-refractivity contribution in [2.24, 2.45) is 11.7 Å². The SMILES string of the molecule is CC1OCCC1(N)CC1CCOCC1. The van der Waals surface area contributed by atoms with Crippen molar-refractivity contribution in [2.75, 3.05) is 19.8 Å². The fourth-order valence-electron chi connectivity index (χ4n) is 2.55. The average Bonchev–Trinajstić information content (AvgIpc) is 2.48. The lowest BCUT2D eigenvalue weighted by atomic mass is 9.80. The maximum absolute atomic E-state index is 6.37. The summed E-state index contributed by atoms with van der Waals surface area (Å²) in [6.07, 6.45) is 4.70. The molecule has 0 aliphatic carbocycles. The standard InChI is InChI=1S/C11H21NO2/c1-9-11(12,4-7-14-9)8-10-2-5-13-6-3-10/h9-10H,2-8,12H2,1H3. The van der Waals surface area contributed by atoms with Gasteiger partial charge in [0.1, 0.15) is 0 Å². The van der Waals surface area contributed by atoms with E-state index in [2.05, 4.69) is 6.92 Å². The predicted octanol–water partition coefficient (Wildman–Crippen LogP) is 1.31. The lowest BCUT2D eigenvalue weighted by Gasteiger charge is -2.33. The highest BCUT2D eigenvalue weighted by Gasteiger charge is 2.39. The Morgan fingerprint density at radius 2 is 2.00 bits per heavy atom. The van der Waals surface area contributed by atoms with Crippen molar-refractivity contribution >= 4 is 0 Å². The maximum Gasteiger partial charge on any atom is 0.0727 e. The van der Waals surface area contributed by atoms with Crippen LogP contribution in [0.1, 0.15) is 32.6 Å². The summed E-state index contributed by atoms with van der Waals surface area (Å²) < 4.78 is 10.9. The molecular formula is C11H21NO2. The van der Waals surface area contributed by atoms with Crippen molar-refractivity contribution < 1.29 is 9.47 Å². The fourth-order valence-corrected chi connectivity index (χ4v) is 2.55. The van der Waals surface area contributed by atoms with Crippen LogP contribution >= 0.6 is 0 Å². The van der Waals surface area contributed by atoms with Gasteiger partial charge in [-0.15, -0.1) is 0 Å². The molecule has 2 rings (SSSR count). The molecule has 0 aromatic rings. The molecule has 2 unspecified atom stereocenters. The van der Waals surface area contributed by atoms with E-state index in [0.717, 1.165) is 38.6 Å². The highest BCUT2D eigenvalue weighted by Crippen LogP contribution is 2.33. The zero-order valence-corrected chi connectivity index (χ0v) is 9.00. The molecule has 2 heterocycles. The van der Waals surface area contributed by atoms with E-state index in [1.807, 2.05) is 0 Å². The van der Waals surface area contributed by atoms with Crippen molar-refractivity contribution in [1.29, 1.82) is 0 Å². The van der Waals surface area contributed by atoms with Crippen molar-refractivity contribution in [3.63, 3.8) is 0 Å². The summed E-state index contributed by atoms with van der Waals surface area (Å²) in [7, 11) is 0. The van der Waals surface area contributed by atoms with Gasteiger partial charge in [-0.3, -0.25) is 0 Å². The van der Waals surface area contributed by atoms with Crippen LogP contribution in [0.5, 0.6) is 0 Å². The maximum atomic E-state index is 6.37. The van der Waals surface area contributed by atoms with Crippen LogP contribution in [0.2, 0.25) is 0 Å². The van der Waals surface area contributed by atoms with Crippen LogP contribution in [0.15, 0.2) is 0 Å². The van der Waals surface area contributed by atoms with E-state index in [4.69, 9.17) is 15.2 Å². The van der Waals surface area contributed by atoms with Gasteiger partial charge in [-0.05, 0) is 38.5 Å². The smallest absolute Gasteiger partial charge is 0.0727 e. The second kappa shape index (κ2) is 4.17. The van der Waals surface area contributed by atoms with Gasteiger partial charge < -0.3 is 15.2 Å². The number of hydrogen-bond acceptors (Lipinski definition) is 3. The molecule has 0 radical (unpaired) electrons. The Kier molecular flexibility index (Phi) is 3.10. The first-order valence-electron chi connectivity index (χ1n) is 5.69. The van der Waals surface area contributed by atoms with Gasteiger partial charge in [-0.2, -0.15) is 0 Å². The molecule has 3 nitrogen and oxygen atoms in total. The van der Waals surface area contributed by atoms with Gasteiger partial charge in [0.25, 0.3) is 0 Å². The molecule has 0 bridgehead atoms. The van der Waals surface area contributed by atoms with Gasteiger partial charge in [-0.1, -0.05) is 0 Å². The Balaban J connectivity index is 1.88. The van der Waals surface area contributed by atoms with E-state index in [1.165, 1.54) is 12.8 Å². The summed E-state index contributed by atoms with van der Waals surface area (Å²) in [6.45, 7) is 4.76. The van der Waals surface area contributed by atoms with Gasteiger partial charge in [-0.25, -0.2) is 0 Å². The van der Waals surface area contributed by atoms with Gasteiger partial charge in [0.15, 0.2) is 0 Å². The summed E-state index contributed by atoms with van der Waals surface area (Å²) >= 11 is 0. The van der Waals surface area contributed by atoms with Crippen molar-refractivity contribution in [3.8, 4) is 0 Å². The molecule has 3 heteroatoms. The molecule has 82 valence electrons. The Morgan fingerprint density at radius 1 is 1.29 bits per heavy atom. The number of hydrogen-bond donors (Lipinski definition) is 1. The molecular weight excluding hydrogens is 178 g/mol. The first kappa shape index (κ1) is 10.4. The summed E-state index contributed by atoms with van der Waals surface area (Å²) in [6, 6.07) is 0. The number of rotatable bonds is 2. The van der Waals surface area contributed by atoms with Crippen LogP contribution in [0, 0.1) is 5.92 Å². The zero-order valence-electron chi connectivity index (χ0n) is 9.00. The first-order valence-corrected chi connectivity index (χ1v) is 5.69. The molecule has 0 aromatic carbocycles. The van der Waals surface area contributed by atoms with E-state index >= 15 is 0 Å². The number of nitrogens with two attached hydrogens (primary N) is 1. The predicted molar refractivity (Wildman–Crippen MR) is 55.1 cm³/mol.